The smallest absolute Gasteiger partial charge is 0.268 e. The van der Waals surface area contributed by atoms with Crippen LogP contribution in [0.2, 0.25) is 5.02 Å². The Bertz CT molecular complexity index is 977. The topological polar surface area (TPSA) is 88.4 Å². The molecule has 7 heteroatoms. The molecule has 1 aromatic heterocycles. The number of nitrogens with one attached hydrogen (secondary N) is 1. The van der Waals surface area contributed by atoms with E-state index >= 15 is 0 Å². The van der Waals surface area contributed by atoms with Crippen molar-refractivity contribution in [3.05, 3.63) is 62.5 Å². The minimum atomic E-state index is -0.554. The maximum absolute atomic E-state index is 13.2. The molecule has 1 aromatic carbocycles. The number of aliphatic hydroxyl groups is 1. The highest BCUT2D eigenvalue weighted by molar-refractivity contribution is 6.30. The van der Waals surface area contributed by atoms with Gasteiger partial charge in [0.05, 0.1) is 0 Å². The van der Waals surface area contributed by atoms with Gasteiger partial charge in [-0.3, -0.25) is 19.0 Å². The Kier molecular flexibility index (Phi) is 5.72. The average Bonchev–Trinajstić information content (AvgIpc) is 2.62. The number of Topliss-reactive ketones (excluding diaryl/α,β-unsaturated/α-hetero) is 1. The summed E-state index contributed by atoms with van der Waals surface area (Å²) in [6.45, 7) is 4.15. The first-order valence-corrected chi connectivity index (χ1v) is 9.58. The van der Waals surface area contributed by atoms with Crippen molar-refractivity contribution in [3.63, 3.8) is 0 Å². The third-order valence-corrected chi connectivity index (χ3v) is 5.09. The molecule has 0 fully saturated rings. The van der Waals surface area contributed by atoms with E-state index in [1.807, 2.05) is 13.8 Å². The van der Waals surface area contributed by atoms with Crippen LogP contribution in [0.1, 0.15) is 53.1 Å². The van der Waals surface area contributed by atoms with Gasteiger partial charge in [-0.05, 0) is 48.6 Å². The van der Waals surface area contributed by atoms with Crippen molar-refractivity contribution >= 4 is 23.3 Å². The minimum absolute atomic E-state index is 0.0625. The molecule has 6 nitrogen and oxygen atoms in total. The molecule has 0 saturated heterocycles. The Morgan fingerprint density at radius 1 is 1.21 bits per heavy atom. The van der Waals surface area contributed by atoms with Crippen molar-refractivity contribution in [1.82, 2.24) is 9.88 Å². The monoisotopic (exact) mass is 402 g/mol. The summed E-state index contributed by atoms with van der Waals surface area (Å²) in [4.78, 5) is 38.6. The van der Waals surface area contributed by atoms with E-state index in [0.717, 1.165) is 0 Å². The summed E-state index contributed by atoms with van der Waals surface area (Å²) in [7, 11) is 0. The zero-order valence-electron chi connectivity index (χ0n) is 15.9. The number of pyridine rings is 1. The Morgan fingerprint density at radius 2 is 1.89 bits per heavy atom. The van der Waals surface area contributed by atoms with E-state index in [4.69, 9.17) is 16.7 Å². The van der Waals surface area contributed by atoms with Crippen LogP contribution in [0, 0.1) is 5.41 Å². The van der Waals surface area contributed by atoms with E-state index in [1.165, 1.54) is 10.6 Å². The molecule has 1 aliphatic rings. The second kappa shape index (κ2) is 7.89. The highest BCUT2D eigenvalue weighted by Crippen LogP contribution is 2.35. The number of hydrogen-bond acceptors (Lipinski definition) is 4. The van der Waals surface area contributed by atoms with Crippen molar-refractivity contribution in [2.24, 2.45) is 5.41 Å². The molecule has 0 unspecified atom stereocenters. The summed E-state index contributed by atoms with van der Waals surface area (Å²) in [5, 5.41) is 12.0. The molecule has 0 aliphatic heterocycles. The van der Waals surface area contributed by atoms with Crippen LogP contribution in [-0.4, -0.2) is 34.5 Å². The number of nitrogens with zero attached hydrogens (tertiary/aromatic N) is 1. The van der Waals surface area contributed by atoms with Gasteiger partial charge < -0.3 is 10.4 Å². The highest BCUT2D eigenvalue weighted by Gasteiger charge is 2.35. The third kappa shape index (κ3) is 4.03. The van der Waals surface area contributed by atoms with Gasteiger partial charge in [-0.15, -0.1) is 0 Å². The van der Waals surface area contributed by atoms with Gasteiger partial charge in [-0.1, -0.05) is 25.4 Å². The van der Waals surface area contributed by atoms with Gasteiger partial charge in [0.15, 0.2) is 5.78 Å². The fourth-order valence-electron chi connectivity index (χ4n) is 3.52. The first kappa shape index (κ1) is 20.3. The number of carbonyl (C=O) groups excluding carboxylic acids is 2. The van der Waals surface area contributed by atoms with Crippen LogP contribution in [0.5, 0.6) is 0 Å². The van der Waals surface area contributed by atoms with Gasteiger partial charge in [0.25, 0.3) is 11.5 Å². The van der Waals surface area contributed by atoms with E-state index < -0.39 is 11.5 Å². The number of aliphatic hydroxyl groups excluding tert-OH is 1. The van der Waals surface area contributed by atoms with Crippen LogP contribution >= 0.6 is 11.6 Å². The van der Waals surface area contributed by atoms with E-state index in [9.17, 15) is 14.4 Å². The van der Waals surface area contributed by atoms with Crippen LogP contribution in [0.4, 0.5) is 0 Å². The predicted molar refractivity (Wildman–Crippen MR) is 108 cm³/mol. The van der Waals surface area contributed by atoms with Gasteiger partial charge in [-0.25, -0.2) is 0 Å². The summed E-state index contributed by atoms with van der Waals surface area (Å²) in [5.74, 6) is -0.639. The molecule has 28 heavy (non-hydrogen) atoms. The number of carbonyl (C=O) groups is 2. The largest absolute Gasteiger partial charge is 0.396 e. The van der Waals surface area contributed by atoms with Crippen molar-refractivity contribution in [1.29, 1.82) is 0 Å². The van der Waals surface area contributed by atoms with Crippen LogP contribution < -0.4 is 10.9 Å². The van der Waals surface area contributed by atoms with Gasteiger partial charge in [-0.2, -0.15) is 0 Å². The molecule has 0 spiro atoms. The summed E-state index contributed by atoms with van der Waals surface area (Å²) < 4.78 is 1.45. The summed E-state index contributed by atoms with van der Waals surface area (Å²) in [6, 6.07) is 8.14. The molecule has 1 heterocycles. The van der Waals surface area contributed by atoms with Gasteiger partial charge in [0.1, 0.15) is 5.56 Å². The number of amides is 1. The molecule has 1 amide bonds. The Morgan fingerprint density at radius 3 is 2.54 bits per heavy atom. The van der Waals surface area contributed by atoms with Crippen LogP contribution in [0.3, 0.4) is 0 Å². The van der Waals surface area contributed by atoms with Crippen molar-refractivity contribution < 1.29 is 14.7 Å². The summed E-state index contributed by atoms with van der Waals surface area (Å²) in [5.41, 5.74) is 0.728. The third-order valence-electron chi connectivity index (χ3n) is 4.84. The molecular formula is C21H23ClN2O4. The standard InChI is InChI=1S/C21H23ClN2O4/c1-21(2)11-17-15(18(26)12-21)10-16(19(27)23-8-3-9-25)20(28)24(17)14-6-4-13(22)5-7-14/h4-7,10,25H,3,8-9,11-12H2,1-2H3,(H,23,27). The number of ketones is 1. The van der Waals surface area contributed by atoms with E-state index in [-0.39, 0.29) is 29.9 Å². The lowest BCUT2D eigenvalue weighted by molar-refractivity contribution is 0.0908. The van der Waals surface area contributed by atoms with Crippen LogP contribution in [0.25, 0.3) is 5.69 Å². The summed E-state index contributed by atoms with van der Waals surface area (Å²) in [6.07, 6.45) is 1.28. The second-order valence-corrected chi connectivity index (χ2v) is 8.25. The van der Waals surface area contributed by atoms with Gasteiger partial charge in [0.2, 0.25) is 0 Å². The Balaban J connectivity index is 2.20. The maximum Gasteiger partial charge on any atom is 0.268 e. The highest BCUT2D eigenvalue weighted by atomic mass is 35.5. The molecule has 148 valence electrons. The number of fused-ring (bicyclic) bond motifs is 1. The molecule has 0 atom stereocenters. The number of halogens is 1. The maximum atomic E-state index is 13.2. The molecule has 2 aromatic rings. The van der Waals surface area contributed by atoms with Gasteiger partial charge >= 0.3 is 0 Å². The molecular weight excluding hydrogens is 380 g/mol. The quantitative estimate of drug-likeness (QED) is 0.752. The first-order valence-electron chi connectivity index (χ1n) is 9.20. The Hall–Kier alpha value is -2.44. The molecule has 0 bridgehead atoms. The number of aromatic nitrogens is 1. The molecule has 3 rings (SSSR count). The molecule has 0 saturated carbocycles. The molecule has 0 radical (unpaired) electrons. The number of hydrogen-bond donors (Lipinski definition) is 2. The van der Waals surface area contributed by atoms with Crippen LogP contribution in [0.15, 0.2) is 35.1 Å². The van der Waals surface area contributed by atoms with E-state index in [0.29, 0.717) is 41.2 Å². The zero-order chi connectivity index (χ0) is 20.5. The lowest BCUT2D eigenvalue weighted by Gasteiger charge is -2.32. The average molecular weight is 403 g/mol. The molecule has 2 N–H and O–H groups in total. The summed E-state index contributed by atoms with van der Waals surface area (Å²) >= 11 is 5.98. The van der Waals surface area contributed by atoms with E-state index in [2.05, 4.69) is 5.32 Å². The van der Waals surface area contributed by atoms with Crippen molar-refractivity contribution in [2.75, 3.05) is 13.2 Å². The van der Waals surface area contributed by atoms with Crippen molar-refractivity contribution in [3.8, 4) is 5.69 Å². The number of benzene rings is 1. The fraction of sp³-hybridized carbons (Fsp3) is 0.381. The zero-order valence-corrected chi connectivity index (χ0v) is 16.7. The Labute approximate surface area is 168 Å². The lowest BCUT2D eigenvalue weighted by Crippen LogP contribution is -2.39. The predicted octanol–water partition coefficient (Wildman–Crippen LogP) is 2.76. The fourth-order valence-corrected chi connectivity index (χ4v) is 3.64. The molecule has 1 aliphatic carbocycles. The SMILES string of the molecule is CC1(C)CC(=O)c2cc(C(=O)NCCCO)c(=O)n(-c3ccc(Cl)cc3)c2C1. The normalized spacial score (nSPS) is 15.2. The minimum Gasteiger partial charge on any atom is -0.396 e. The number of rotatable bonds is 5. The van der Waals surface area contributed by atoms with E-state index in [1.54, 1.807) is 24.3 Å². The lowest BCUT2D eigenvalue weighted by atomic mass is 9.75. The van der Waals surface area contributed by atoms with Crippen molar-refractivity contribution in [2.45, 2.75) is 33.1 Å². The van der Waals surface area contributed by atoms with Gasteiger partial charge in [0, 0.05) is 41.5 Å². The second-order valence-electron chi connectivity index (χ2n) is 7.81. The first-order chi connectivity index (χ1) is 13.2. The van der Waals surface area contributed by atoms with Crippen LogP contribution in [-0.2, 0) is 6.42 Å².